The van der Waals surface area contributed by atoms with E-state index in [0.29, 0.717) is 30.3 Å². The van der Waals surface area contributed by atoms with Crippen LogP contribution in [0.1, 0.15) is 32.6 Å². The first kappa shape index (κ1) is 20.7. The van der Waals surface area contributed by atoms with Gasteiger partial charge in [0.25, 0.3) is 0 Å². The minimum Gasteiger partial charge on any atom is -0.496 e. The molecule has 0 unspecified atom stereocenters. The van der Waals surface area contributed by atoms with Gasteiger partial charge >= 0.3 is 0 Å². The van der Waals surface area contributed by atoms with E-state index >= 15 is 0 Å². The van der Waals surface area contributed by atoms with Crippen molar-refractivity contribution in [2.24, 2.45) is 0 Å². The number of carbonyl (C=O) groups is 1. The van der Waals surface area contributed by atoms with E-state index < -0.39 is 0 Å². The molecule has 6 nitrogen and oxygen atoms in total. The Balaban J connectivity index is 1.45. The topological polar surface area (TPSA) is 60.9 Å². The number of carbonyl (C=O) groups excluding carboxylic acids is 1. The average Bonchev–Trinajstić information content (AvgIpc) is 3.10. The second kappa shape index (κ2) is 8.41. The molecule has 0 atom stereocenters. The predicted octanol–water partition coefficient (Wildman–Crippen LogP) is 5.13. The fraction of sp³-hybridized carbons (Fsp3) is 0.200. The molecule has 2 aromatic carbocycles. The molecule has 3 aromatic rings. The molecule has 7 heteroatoms. The Morgan fingerprint density at radius 1 is 1.19 bits per heavy atom. The first-order chi connectivity index (χ1) is 15.5. The molecule has 2 aliphatic rings. The van der Waals surface area contributed by atoms with Gasteiger partial charge in [0.05, 0.1) is 12.7 Å². The number of pyridine rings is 1. The molecule has 0 fully saturated rings. The molecule has 0 spiro atoms. The second-order valence-corrected chi connectivity index (χ2v) is 8.72. The summed E-state index contributed by atoms with van der Waals surface area (Å²) < 4.78 is 18.4. The summed E-state index contributed by atoms with van der Waals surface area (Å²) in [5, 5.41) is 0. The van der Waals surface area contributed by atoms with Gasteiger partial charge in [-0.2, -0.15) is 0 Å². The third-order valence-electron chi connectivity index (χ3n) is 5.64. The van der Waals surface area contributed by atoms with Crippen LogP contribution in [0.25, 0.3) is 6.08 Å². The van der Waals surface area contributed by atoms with Crippen LogP contribution in [0.2, 0.25) is 0 Å². The number of Topliss-reactive ketones (excluding diaryl/α,β-unsaturated/α-hetero) is 1. The summed E-state index contributed by atoms with van der Waals surface area (Å²) in [6.45, 7) is 3.85. The van der Waals surface area contributed by atoms with Crippen LogP contribution in [0.3, 0.4) is 0 Å². The number of nitrogens with zero attached hydrogens (tertiary/aromatic N) is 2. The molecule has 0 saturated carbocycles. The van der Waals surface area contributed by atoms with Gasteiger partial charge in [-0.05, 0) is 55.0 Å². The molecule has 2 aliphatic heterocycles. The minimum absolute atomic E-state index is 0.140. The summed E-state index contributed by atoms with van der Waals surface area (Å²) in [5.74, 6) is 2.16. The van der Waals surface area contributed by atoms with Crippen LogP contribution in [-0.4, -0.2) is 29.5 Å². The molecule has 0 N–H and O–H groups in total. The maximum Gasteiger partial charge on any atom is 0.231 e. The summed E-state index contributed by atoms with van der Waals surface area (Å²) in [4.78, 5) is 19.4. The maximum absolute atomic E-state index is 13.2. The fourth-order valence-corrected chi connectivity index (χ4v) is 4.48. The highest BCUT2D eigenvalue weighted by Crippen LogP contribution is 2.43. The SMILES string of the molecule is COc1ccc(Br)cc1/C=C1\Oc2c(cc3c(c2C)OCN(Cc2ccncc2)C3)C1=O. The summed E-state index contributed by atoms with van der Waals surface area (Å²) in [7, 11) is 1.60. The molecule has 0 amide bonds. The quantitative estimate of drug-likeness (QED) is 0.470. The van der Waals surface area contributed by atoms with Gasteiger partial charge in [-0.1, -0.05) is 15.9 Å². The molecule has 0 radical (unpaired) electrons. The highest BCUT2D eigenvalue weighted by atomic mass is 79.9. The summed E-state index contributed by atoms with van der Waals surface area (Å²) >= 11 is 3.47. The Morgan fingerprint density at radius 3 is 2.78 bits per heavy atom. The highest BCUT2D eigenvalue weighted by molar-refractivity contribution is 9.10. The lowest BCUT2D eigenvalue weighted by atomic mass is 10.00. The Bertz CT molecular complexity index is 1240. The zero-order valence-electron chi connectivity index (χ0n) is 17.7. The van der Waals surface area contributed by atoms with Crippen molar-refractivity contribution in [2.75, 3.05) is 13.8 Å². The molecule has 3 heterocycles. The Morgan fingerprint density at radius 2 is 2.00 bits per heavy atom. The number of methoxy groups -OCH3 is 1. The van der Waals surface area contributed by atoms with Crippen molar-refractivity contribution in [3.8, 4) is 17.2 Å². The van der Waals surface area contributed by atoms with E-state index in [1.807, 2.05) is 43.3 Å². The van der Waals surface area contributed by atoms with Gasteiger partial charge in [0.2, 0.25) is 5.78 Å². The van der Waals surface area contributed by atoms with E-state index in [0.717, 1.165) is 39.0 Å². The Hall–Kier alpha value is -3.16. The number of ether oxygens (including phenoxy) is 3. The Labute approximate surface area is 194 Å². The number of ketones is 1. The standard InChI is InChI=1S/C25H21BrN2O4/c1-15-24-18(13-28(14-31-24)12-16-5-7-27-8-6-16)10-20-23(29)22(32-25(15)20)11-17-9-19(26)3-4-21(17)30-2/h3-11H,12-14H2,1-2H3/b22-11-. The summed E-state index contributed by atoms with van der Waals surface area (Å²) in [5.41, 5.74) is 4.33. The highest BCUT2D eigenvalue weighted by Gasteiger charge is 2.33. The van der Waals surface area contributed by atoms with Crippen LogP contribution in [-0.2, 0) is 13.1 Å². The van der Waals surface area contributed by atoms with Gasteiger partial charge in [0.1, 0.15) is 24.0 Å². The first-order valence-electron chi connectivity index (χ1n) is 10.2. The average molecular weight is 493 g/mol. The van der Waals surface area contributed by atoms with Crippen LogP contribution < -0.4 is 14.2 Å². The largest absolute Gasteiger partial charge is 0.496 e. The number of aromatic nitrogens is 1. The number of fused-ring (bicyclic) bond motifs is 2. The number of hydrogen-bond donors (Lipinski definition) is 0. The third-order valence-corrected chi connectivity index (χ3v) is 6.13. The molecule has 162 valence electrons. The van der Waals surface area contributed by atoms with E-state index in [1.54, 1.807) is 25.6 Å². The van der Waals surface area contributed by atoms with Gasteiger partial charge < -0.3 is 14.2 Å². The van der Waals surface area contributed by atoms with E-state index in [4.69, 9.17) is 14.2 Å². The van der Waals surface area contributed by atoms with E-state index in [2.05, 4.69) is 25.8 Å². The molecular weight excluding hydrogens is 472 g/mol. The number of hydrogen-bond acceptors (Lipinski definition) is 6. The monoisotopic (exact) mass is 492 g/mol. The van der Waals surface area contributed by atoms with Crippen molar-refractivity contribution in [3.05, 3.63) is 86.8 Å². The second-order valence-electron chi connectivity index (χ2n) is 7.81. The van der Waals surface area contributed by atoms with Gasteiger partial charge in [0.15, 0.2) is 5.76 Å². The van der Waals surface area contributed by atoms with Crippen LogP contribution in [0.4, 0.5) is 0 Å². The number of halogens is 1. The van der Waals surface area contributed by atoms with E-state index in [-0.39, 0.29) is 11.5 Å². The van der Waals surface area contributed by atoms with E-state index in [9.17, 15) is 4.79 Å². The molecule has 0 bridgehead atoms. The van der Waals surface area contributed by atoms with Crippen molar-refractivity contribution < 1.29 is 19.0 Å². The number of allylic oxidation sites excluding steroid dienone is 1. The van der Waals surface area contributed by atoms with Crippen LogP contribution >= 0.6 is 15.9 Å². The molecule has 0 aliphatic carbocycles. The lowest BCUT2D eigenvalue weighted by molar-refractivity contribution is 0.0876. The summed E-state index contributed by atoms with van der Waals surface area (Å²) in [6.07, 6.45) is 5.30. The van der Waals surface area contributed by atoms with Crippen molar-refractivity contribution in [3.63, 3.8) is 0 Å². The first-order valence-corrected chi connectivity index (χ1v) is 11.0. The minimum atomic E-state index is -0.140. The van der Waals surface area contributed by atoms with Gasteiger partial charge in [-0.3, -0.25) is 14.7 Å². The normalized spacial score (nSPS) is 16.3. The van der Waals surface area contributed by atoms with Gasteiger partial charge in [-0.15, -0.1) is 0 Å². The fourth-order valence-electron chi connectivity index (χ4n) is 4.10. The number of benzene rings is 2. The molecule has 5 rings (SSSR count). The van der Waals surface area contributed by atoms with Crippen LogP contribution in [0.5, 0.6) is 17.2 Å². The smallest absolute Gasteiger partial charge is 0.231 e. The van der Waals surface area contributed by atoms with Crippen molar-refractivity contribution in [1.29, 1.82) is 0 Å². The van der Waals surface area contributed by atoms with E-state index in [1.165, 1.54) is 0 Å². The lowest BCUT2D eigenvalue weighted by Crippen LogP contribution is -2.32. The van der Waals surface area contributed by atoms with Crippen LogP contribution in [0.15, 0.2) is 59.0 Å². The van der Waals surface area contributed by atoms with Crippen molar-refractivity contribution >= 4 is 27.8 Å². The lowest BCUT2D eigenvalue weighted by Gasteiger charge is -2.30. The molecule has 1 aromatic heterocycles. The van der Waals surface area contributed by atoms with Gasteiger partial charge in [-0.25, -0.2) is 0 Å². The van der Waals surface area contributed by atoms with Gasteiger partial charge in [0, 0.05) is 46.6 Å². The Kier molecular flexibility index (Phi) is 5.45. The maximum atomic E-state index is 13.2. The molecule has 32 heavy (non-hydrogen) atoms. The number of rotatable bonds is 4. The van der Waals surface area contributed by atoms with Crippen molar-refractivity contribution in [1.82, 2.24) is 9.88 Å². The zero-order chi connectivity index (χ0) is 22.2. The molecular formula is C25H21BrN2O4. The predicted molar refractivity (Wildman–Crippen MR) is 124 cm³/mol. The molecule has 0 saturated heterocycles. The summed E-state index contributed by atoms with van der Waals surface area (Å²) in [6, 6.07) is 11.5. The van der Waals surface area contributed by atoms with Crippen molar-refractivity contribution in [2.45, 2.75) is 20.0 Å². The third kappa shape index (κ3) is 3.78. The zero-order valence-corrected chi connectivity index (χ0v) is 19.3. The van der Waals surface area contributed by atoms with Crippen LogP contribution in [0, 0.1) is 6.92 Å².